The lowest BCUT2D eigenvalue weighted by molar-refractivity contribution is -0.273. The van der Waals surface area contributed by atoms with Crippen LogP contribution in [0.3, 0.4) is 0 Å². The Morgan fingerprint density at radius 3 is 2.10 bits per heavy atom. The number of benzene rings is 2. The summed E-state index contributed by atoms with van der Waals surface area (Å²) < 4.78 is 88.4. The maximum absolute atomic E-state index is 14.6. The first-order valence-electron chi connectivity index (χ1n) is 10.6. The van der Waals surface area contributed by atoms with Gasteiger partial charge in [-0.3, -0.25) is 0 Å². The Labute approximate surface area is 178 Å². The van der Waals surface area contributed by atoms with E-state index in [1.165, 1.54) is 12.5 Å². The van der Waals surface area contributed by atoms with Gasteiger partial charge in [0.25, 0.3) is 0 Å². The molecule has 0 aliphatic heterocycles. The summed E-state index contributed by atoms with van der Waals surface area (Å²) in [5, 5.41) is 0. The maximum atomic E-state index is 14.6. The van der Waals surface area contributed by atoms with Gasteiger partial charge in [-0.1, -0.05) is 25.8 Å². The summed E-state index contributed by atoms with van der Waals surface area (Å²) in [4.78, 5) is 0. The van der Waals surface area contributed by atoms with Crippen molar-refractivity contribution in [1.82, 2.24) is 0 Å². The van der Waals surface area contributed by atoms with Crippen LogP contribution >= 0.6 is 0 Å². The van der Waals surface area contributed by atoms with Crippen LogP contribution in [0.2, 0.25) is 0 Å². The zero-order chi connectivity index (χ0) is 22.8. The highest BCUT2D eigenvalue weighted by atomic mass is 19.3. The molecule has 2 aromatic rings. The molecule has 1 aliphatic rings. The summed E-state index contributed by atoms with van der Waals surface area (Å²) in [5.74, 6) is -5.02. The van der Waals surface area contributed by atoms with Gasteiger partial charge in [-0.05, 0) is 79.8 Å². The standard InChI is InChI=1S/C24H26F6O/c1-3-4-15-5-7-16(8-6-15)17-9-10-19(20(25)11-17)24(29,30)31-14(2)18-12-21(26)23(28)22(27)13-18/h9-16H,3-8H2,1-2H3. The van der Waals surface area contributed by atoms with Crippen LogP contribution in [-0.4, -0.2) is 0 Å². The van der Waals surface area contributed by atoms with Crippen molar-refractivity contribution in [2.75, 3.05) is 0 Å². The molecule has 170 valence electrons. The topological polar surface area (TPSA) is 9.23 Å². The highest BCUT2D eigenvalue weighted by molar-refractivity contribution is 5.29. The van der Waals surface area contributed by atoms with Crippen LogP contribution in [0.5, 0.6) is 0 Å². The minimum atomic E-state index is -4.04. The molecule has 1 saturated carbocycles. The molecule has 31 heavy (non-hydrogen) atoms. The van der Waals surface area contributed by atoms with Gasteiger partial charge >= 0.3 is 6.11 Å². The Morgan fingerprint density at radius 2 is 1.55 bits per heavy atom. The van der Waals surface area contributed by atoms with E-state index in [9.17, 15) is 26.3 Å². The first-order valence-corrected chi connectivity index (χ1v) is 10.6. The lowest BCUT2D eigenvalue weighted by Crippen LogP contribution is -2.22. The van der Waals surface area contributed by atoms with Crippen molar-refractivity contribution >= 4 is 0 Å². The van der Waals surface area contributed by atoms with Crippen molar-refractivity contribution in [1.29, 1.82) is 0 Å². The monoisotopic (exact) mass is 444 g/mol. The van der Waals surface area contributed by atoms with Crippen molar-refractivity contribution in [3.8, 4) is 0 Å². The molecule has 0 heterocycles. The van der Waals surface area contributed by atoms with E-state index in [2.05, 4.69) is 11.7 Å². The second-order valence-corrected chi connectivity index (χ2v) is 8.32. The van der Waals surface area contributed by atoms with Crippen molar-refractivity contribution < 1.29 is 31.1 Å². The molecule has 0 amide bonds. The SMILES string of the molecule is CCCC1CCC(c2ccc(C(F)(F)OC(C)c3cc(F)c(F)c(F)c3)c(F)c2)CC1. The largest absolute Gasteiger partial charge is 0.386 e. The number of halogens is 6. The second kappa shape index (κ2) is 9.63. The third-order valence-electron chi connectivity index (χ3n) is 6.12. The van der Waals surface area contributed by atoms with E-state index in [1.807, 2.05) is 0 Å². The molecule has 0 saturated heterocycles. The summed E-state index contributed by atoms with van der Waals surface area (Å²) in [6, 6.07) is 4.77. The molecule has 0 spiro atoms. The molecule has 2 aromatic carbocycles. The molecule has 1 nitrogen and oxygen atoms in total. The fourth-order valence-corrected chi connectivity index (χ4v) is 4.38. The quantitative estimate of drug-likeness (QED) is 0.309. The molecule has 1 aliphatic carbocycles. The first-order chi connectivity index (χ1) is 14.6. The van der Waals surface area contributed by atoms with E-state index in [0.717, 1.165) is 51.2 Å². The van der Waals surface area contributed by atoms with E-state index in [0.29, 0.717) is 23.6 Å². The Morgan fingerprint density at radius 1 is 0.935 bits per heavy atom. The third kappa shape index (κ3) is 5.43. The summed E-state index contributed by atoms with van der Waals surface area (Å²) in [6.45, 7) is 3.27. The van der Waals surface area contributed by atoms with Crippen LogP contribution in [0.15, 0.2) is 30.3 Å². The molecule has 0 radical (unpaired) electrons. The Hall–Kier alpha value is -2.02. The smallest absolute Gasteiger partial charge is 0.309 e. The predicted octanol–water partition coefficient (Wildman–Crippen LogP) is 8.14. The van der Waals surface area contributed by atoms with E-state index in [-0.39, 0.29) is 11.5 Å². The van der Waals surface area contributed by atoms with Gasteiger partial charge in [0, 0.05) is 0 Å². The minimum absolute atomic E-state index is 0.135. The number of rotatable bonds is 7. The van der Waals surface area contributed by atoms with Gasteiger partial charge in [-0.25, -0.2) is 17.6 Å². The predicted molar refractivity (Wildman–Crippen MR) is 106 cm³/mol. The van der Waals surface area contributed by atoms with Crippen LogP contribution in [0.4, 0.5) is 26.3 Å². The zero-order valence-corrected chi connectivity index (χ0v) is 17.5. The van der Waals surface area contributed by atoms with Gasteiger partial charge in [-0.15, -0.1) is 0 Å². The average molecular weight is 444 g/mol. The number of hydrogen-bond acceptors (Lipinski definition) is 1. The van der Waals surface area contributed by atoms with Crippen LogP contribution < -0.4 is 0 Å². The molecule has 0 aromatic heterocycles. The second-order valence-electron chi connectivity index (χ2n) is 8.32. The molecule has 3 rings (SSSR count). The fourth-order valence-electron chi connectivity index (χ4n) is 4.38. The van der Waals surface area contributed by atoms with Crippen LogP contribution in [0, 0.1) is 29.2 Å². The van der Waals surface area contributed by atoms with Crippen LogP contribution in [0.25, 0.3) is 0 Å². The van der Waals surface area contributed by atoms with Crippen molar-refractivity contribution in [3.63, 3.8) is 0 Å². The van der Waals surface area contributed by atoms with Gasteiger partial charge in [0.15, 0.2) is 17.5 Å². The molecular formula is C24H26F6O. The lowest BCUT2D eigenvalue weighted by atomic mass is 9.77. The number of hydrogen-bond donors (Lipinski definition) is 0. The van der Waals surface area contributed by atoms with Gasteiger partial charge in [0.05, 0.1) is 11.7 Å². The Bertz CT molecular complexity index is 882. The molecule has 0 N–H and O–H groups in total. The minimum Gasteiger partial charge on any atom is -0.309 e. The molecular weight excluding hydrogens is 418 g/mol. The Balaban J connectivity index is 1.73. The Kier molecular flexibility index (Phi) is 7.35. The van der Waals surface area contributed by atoms with Gasteiger partial charge < -0.3 is 4.74 Å². The molecule has 1 unspecified atom stereocenters. The first kappa shape index (κ1) is 23.6. The van der Waals surface area contributed by atoms with Gasteiger partial charge in [-0.2, -0.15) is 8.78 Å². The summed E-state index contributed by atoms with van der Waals surface area (Å²) in [6.07, 6.45) is 0.638. The fraction of sp³-hybridized carbons (Fsp3) is 0.500. The van der Waals surface area contributed by atoms with E-state index in [1.54, 1.807) is 0 Å². The normalized spacial score (nSPS) is 20.6. The number of ether oxygens (including phenoxy) is 1. The summed E-state index contributed by atoms with van der Waals surface area (Å²) in [7, 11) is 0. The van der Waals surface area contributed by atoms with E-state index < -0.39 is 41.0 Å². The van der Waals surface area contributed by atoms with Crippen molar-refractivity contribution in [2.24, 2.45) is 5.92 Å². The van der Waals surface area contributed by atoms with Crippen LogP contribution in [-0.2, 0) is 10.8 Å². The van der Waals surface area contributed by atoms with Crippen molar-refractivity contribution in [2.45, 2.75) is 70.5 Å². The highest BCUT2D eigenvalue weighted by Gasteiger charge is 2.39. The average Bonchev–Trinajstić information content (AvgIpc) is 2.71. The summed E-state index contributed by atoms with van der Waals surface area (Å²) >= 11 is 0. The van der Waals surface area contributed by atoms with Crippen LogP contribution in [0.1, 0.15) is 81.1 Å². The molecule has 1 atom stereocenters. The summed E-state index contributed by atoms with van der Waals surface area (Å²) in [5.41, 5.74) is -0.592. The van der Waals surface area contributed by atoms with Gasteiger partial charge in [0.2, 0.25) is 0 Å². The van der Waals surface area contributed by atoms with E-state index >= 15 is 0 Å². The van der Waals surface area contributed by atoms with Crippen molar-refractivity contribution in [3.05, 3.63) is 70.3 Å². The molecule has 7 heteroatoms. The van der Waals surface area contributed by atoms with Gasteiger partial charge in [0.1, 0.15) is 5.82 Å². The van der Waals surface area contributed by atoms with E-state index in [4.69, 9.17) is 0 Å². The molecule has 1 fully saturated rings. The zero-order valence-electron chi connectivity index (χ0n) is 17.5. The highest BCUT2D eigenvalue weighted by Crippen LogP contribution is 2.41. The molecule has 0 bridgehead atoms. The number of alkyl halides is 2. The lowest BCUT2D eigenvalue weighted by Gasteiger charge is -2.29. The third-order valence-corrected chi connectivity index (χ3v) is 6.12. The maximum Gasteiger partial charge on any atom is 0.386 e.